The Morgan fingerprint density at radius 3 is 2.05 bits per heavy atom. The van der Waals surface area contributed by atoms with E-state index in [9.17, 15) is 8.42 Å². The Hall–Kier alpha value is -1.07. The molecule has 0 N–H and O–H groups in total. The number of sulfone groups is 1. The number of hydrogen-bond donors (Lipinski definition) is 0. The van der Waals surface area contributed by atoms with Gasteiger partial charge in [0.25, 0.3) is 0 Å². The number of anilines is 1. The zero-order valence-electron chi connectivity index (χ0n) is 12.7. The van der Waals surface area contributed by atoms with Crippen molar-refractivity contribution < 1.29 is 8.42 Å². The van der Waals surface area contributed by atoms with Crippen molar-refractivity contribution >= 4 is 15.5 Å². The van der Waals surface area contributed by atoms with E-state index in [1.165, 1.54) is 45.0 Å². The Labute approximate surface area is 127 Å². The Balaban J connectivity index is 1.61. The van der Waals surface area contributed by atoms with Crippen molar-refractivity contribution in [3.05, 3.63) is 24.3 Å². The second kappa shape index (κ2) is 5.97. The summed E-state index contributed by atoms with van der Waals surface area (Å²) in [6.07, 6.45) is 6.39. The van der Waals surface area contributed by atoms with Gasteiger partial charge in [-0.15, -0.1) is 0 Å². The molecule has 2 aliphatic rings. The minimum absolute atomic E-state index is 0.401. The molecule has 21 heavy (non-hydrogen) atoms. The molecule has 0 radical (unpaired) electrons. The van der Waals surface area contributed by atoms with Gasteiger partial charge in [-0.3, -0.25) is 0 Å². The van der Waals surface area contributed by atoms with Crippen LogP contribution >= 0.6 is 0 Å². The van der Waals surface area contributed by atoms with E-state index in [-0.39, 0.29) is 0 Å². The van der Waals surface area contributed by atoms with Gasteiger partial charge in [0, 0.05) is 31.1 Å². The van der Waals surface area contributed by atoms with E-state index in [4.69, 9.17) is 0 Å². The zero-order chi connectivity index (χ0) is 14.9. The fourth-order valence-electron chi connectivity index (χ4n) is 3.50. The van der Waals surface area contributed by atoms with Crippen LogP contribution in [0.3, 0.4) is 0 Å². The van der Waals surface area contributed by atoms with E-state index in [0.29, 0.717) is 4.90 Å². The van der Waals surface area contributed by atoms with Crippen molar-refractivity contribution in [1.82, 2.24) is 4.90 Å². The number of hydrogen-bond acceptors (Lipinski definition) is 4. The fourth-order valence-corrected chi connectivity index (χ4v) is 4.13. The first-order chi connectivity index (χ1) is 10.0. The van der Waals surface area contributed by atoms with Crippen molar-refractivity contribution in [2.45, 2.75) is 36.6 Å². The van der Waals surface area contributed by atoms with Crippen LogP contribution in [-0.2, 0) is 9.84 Å². The van der Waals surface area contributed by atoms with E-state index in [1.807, 2.05) is 12.1 Å². The van der Waals surface area contributed by atoms with Gasteiger partial charge < -0.3 is 9.80 Å². The molecule has 2 fully saturated rings. The molecule has 0 unspecified atom stereocenters. The lowest BCUT2D eigenvalue weighted by Crippen LogP contribution is -2.43. The minimum atomic E-state index is -3.10. The average molecular weight is 308 g/mol. The quantitative estimate of drug-likeness (QED) is 0.858. The smallest absolute Gasteiger partial charge is 0.175 e. The van der Waals surface area contributed by atoms with E-state index in [2.05, 4.69) is 9.80 Å². The van der Waals surface area contributed by atoms with Crippen molar-refractivity contribution in [1.29, 1.82) is 0 Å². The van der Waals surface area contributed by atoms with Crippen LogP contribution < -0.4 is 4.90 Å². The topological polar surface area (TPSA) is 40.6 Å². The molecule has 0 saturated carbocycles. The normalized spacial score (nSPS) is 21.9. The SMILES string of the molecule is CS(=O)(=O)c1ccc(N2CCC(N3CCCC3)CC2)cc1. The molecule has 116 valence electrons. The van der Waals surface area contributed by atoms with Gasteiger partial charge in [-0.25, -0.2) is 8.42 Å². The van der Waals surface area contributed by atoms with Crippen LogP contribution in [0.1, 0.15) is 25.7 Å². The third-order valence-corrected chi connectivity index (χ3v) is 5.88. The number of benzene rings is 1. The van der Waals surface area contributed by atoms with Crippen LogP contribution in [0.15, 0.2) is 29.2 Å². The van der Waals surface area contributed by atoms with Gasteiger partial charge in [0.2, 0.25) is 0 Å². The highest BCUT2D eigenvalue weighted by Crippen LogP contribution is 2.25. The molecule has 0 bridgehead atoms. The Morgan fingerprint density at radius 2 is 1.52 bits per heavy atom. The van der Waals surface area contributed by atoms with Gasteiger partial charge in [-0.05, 0) is 63.0 Å². The van der Waals surface area contributed by atoms with Crippen molar-refractivity contribution in [2.75, 3.05) is 37.3 Å². The molecule has 5 heteroatoms. The van der Waals surface area contributed by atoms with Crippen molar-refractivity contribution in [2.24, 2.45) is 0 Å². The van der Waals surface area contributed by atoms with Gasteiger partial charge in [0.1, 0.15) is 0 Å². The molecule has 0 aromatic heterocycles. The third kappa shape index (κ3) is 3.40. The summed E-state index contributed by atoms with van der Waals surface area (Å²) < 4.78 is 23.0. The number of nitrogens with zero attached hydrogens (tertiary/aromatic N) is 2. The molecule has 1 aromatic rings. The molecule has 2 aliphatic heterocycles. The maximum absolute atomic E-state index is 11.5. The van der Waals surface area contributed by atoms with Crippen LogP contribution in [0, 0.1) is 0 Å². The standard InChI is InChI=1S/C16H24N2O2S/c1-21(19,20)16-6-4-14(5-7-16)18-12-8-15(9-13-18)17-10-2-3-11-17/h4-7,15H,2-3,8-13H2,1H3. The highest BCUT2D eigenvalue weighted by atomic mass is 32.2. The van der Waals surface area contributed by atoms with Gasteiger partial charge in [0.05, 0.1) is 4.90 Å². The third-order valence-electron chi connectivity index (χ3n) is 4.75. The molecule has 0 spiro atoms. The molecular formula is C16H24N2O2S. The van der Waals surface area contributed by atoms with Gasteiger partial charge >= 0.3 is 0 Å². The lowest BCUT2D eigenvalue weighted by atomic mass is 10.0. The lowest BCUT2D eigenvalue weighted by molar-refractivity contribution is 0.208. The number of rotatable bonds is 3. The first-order valence-corrected chi connectivity index (χ1v) is 9.72. The summed E-state index contributed by atoms with van der Waals surface area (Å²) in [5, 5.41) is 0. The van der Waals surface area contributed by atoms with Crippen LogP contribution in [0.4, 0.5) is 5.69 Å². The second-order valence-corrected chi connectivity index (χ2v) is 8.24. The molecule has 4 nitrogen and oxygen atoms in total. The van der Waals surface area contributed by atoms with Gasteiger partial charge in [-0.1, -0.05) is 0 Å². The van der Waals surface area contributed by atoms with Crippen molar-refractivity contribution in [3.8, 4) is 0 Å². The van der Waals surface area contributed by atoms with Gasteiger partial charge in [-0.2, -0.15) is 0 Å². The summed E-state index contributed by atoms with van der Waals surface area (Å²) >= 11 is 0. The highest BCUT2D eigenvalue weighted by Gasteiger charge is 2.26. The Kier molecular flexibility index (Phi) is 4.22. The summed E-state index contributed by atoms with van der Waals surface area (Å²) in [4.78, 5) is 5.42. The van der Waals surface area contributed by atoms with Crippen LogP contribution in [-0.4, -0.2) is 51.8 Å². The van der Waals surface area contributed by atoms with Crippen LogP contribution in [0.2, 0.25) is 0 Å². The molecule has 0 atom stereocenters. The molecule has 2 saturated heterocycles. The Bertz CT molecular complexity index is 569. The monoisotopic (exact) mass is 308 g/mol. The summed E-state index contributed by atoms with van der Waals surface area (Å²) in [7, 11) is -3.10. The van der Waals surface area contributed by atoms with E-state index in [0.717, 1.165) is 24.8 Å². The highest BCUT2D eigenvalue weighted by molar-refractivity contribution is 7.90. The molecule has 0 amide bonds. The predicted molar refractivity (Wildman–Crippen MR) is 85.6 cm³/mol. The van der Waals surface area contributed by atoms with Crippen molar-refractivity contribution in [3.63, 3.8) is 0 Å². The maximum atomic E-state index is 11.5. The second-order valence-electron chi connectivity index (χ2n) is 6.23. The molecule has 2 heterocycles. The summed E-state index contributed by atoms with van der Waals surface area (Å²) in [6, 6.07) is 8.06. The number of piperidine rings is 1. The molecule has 3 rings (SSSR count). The lowest BCUT2D eigenvalue weighted by Gasteiger charge is -2.37. The maximum Gasteiger partial charge on any atom is 0.175 e. The molecule has 0 aliphatic carbocycles. The average Bonchev–Trinajstić information content (AvgIpc) is 3.01. The molecular weight excluding hydrogens is 284 g/mol. The first kappa shape index (κ1) is 14.9. The van der Waals surface area contributed by atoms with E-state index in [1.54, 1.807) is 12.1 Å². The largest absolute Gasteiger partial charge is 0.371 e. The summed E-state index contributed by atoms with van der Waals surface area (Å²) in [6.45, 7) is 4.68. The van der Waals surface area contributed by atoms with Crippen LogP contribution in [0.5, 0.6) is 0 Å². The van der Waals surface area contributed by atoms with Gasteiger partial charge in [0.15, 0.2) is 9.84 Å². The van der Waals surface area contributed by atoms with E-state index < -0.39 is 9.84 Å². The number of likely N-dealkylation sites (tertiary alicyclic amines) is 1. The summed E-state index contributed by atoms with van der Waals surface area (Å²) in [5.74, 6) is 0. The first-order valence-electron chi connectivity index (χ1n) is 7.83. The zero-order valence-corrected chi connectivity index (χ0v) is 13.5. The molecule has 1 aromatic carbocycles. The summed E-state index contributed by atoms with van der Waals surface area (Å²) in [5.41, 5.74) is 1.14. The fraction of sp³-hybridized carbons (Fsp3) is 0.625. The predicted octanol–water partition coefficient (Wildman–Crippen LogP) is 2.15. The minimum Gasteiger partial charge on any atom is -0.371 e. The van der Waals surface area contributed by atoms with E-state index >= 15 is 0 Å². The van der Waals surface area contributed by atoms with Crippen LogP contribution in [0.25, 0.3) is 0 Å². The Morgan fingerprint density at radius 1 is 0.952 bits per heavy atom.